The van der Waals surface area contributed by atoms with Crippen molar-refractivity contribution in [3.05, 3.63) is 54.6 Å². The van der Waals surface area contributed by atoms with Crippen LogP contribution in [-0.2, 0) is 11.8 Å². The second-order valence-electron chi connectivity index (χ2n) is 6.56. The van der Waals surface area contributed by atoms with Gasteiger partial charge in [-0.25, -0.2) is 13.9 Å². The Balaban J connectivity index is 1.66. The van der Waals surface area contributed by atoms with Crippen LogP contribution < -0.4 is 5.32 Å². The molecule has 0 atom stereocenters. The maximum atomic E-state index is 13.2. The molecule has 0 unspecified atom stereocenters. The first-order chi connectivity index (χ1) is 14.2. The standard InChI is InChI=1S/C19H14F4N6O/c1-28-9-13(18(27-28)11-2-4-12(20)5-3-11)14-6-7-16-24-15(10-29(16)26-14)25-17(30)8-19(21,22)23/h2-7,9-10H,8H2,1H3,(H,25,30). The minimum Gasteiger partial charge on any atom is -0.309 e. The van der Waals surface area contributed by atoms with Gasteiger partial charge in [0.05, 0.1) is 11.9 Å². The number of aryl methyl sites for hydroxylation is 1. The van der Waals surface area contributed by atoms with E-state index in [1.54, 1.807) is 42.2 Å². The highest BCUT2D eigenvalue weighted by atomic mass is 19.4. The summed E-state index contributed by atoms with van der Waals surface area (Å²) in [6, 6.07) is 9.15. The summed E-state index contributed by atoms with van der Waals surface area (Å²) in [5.74, 6) is -1.62. The zero-order chi connectivity index (χ0) is 21.5. The van der Waals surface area contributed by atoms with E-state index < -0.39 is 18.5 Å². The molecule has 30 heavy (non-hydrogen) atoms. The van der Waals surface area contributed by atoms with Gasteiger partial charge in [-0.2, -0.15) is 23.4 Å². The van der Waals surface area contributed by atoms with Crippen LogP contribution in [0.3, 0.4) is 0 Å². The van der Waals surface area contributed by atoms with E-state index in [4.69, 9.17) is 0 Å². The second kappa shape index (κ2) is 7.25. The fourth-order valence-corrected chi connectivity index (χ4v) is 2.95. The van der Waals surface area contributed by atoms with Crippen molar-refractivity contribution in [2.24, 2.45) is 7.05 Å². The first kappa shape index (κ1) is 19.6. The van der Waals surface area contributed by atoms with Gasteiger partial charge in [0.2, 0.25) is 5.91 Å². The molecule has 0 aliphatic heterocycles. The van der Waals surface area contributed by atoms with E-state index in [0.29, 0.717) is 28.2 Å². The van der Waals surface area contributed by atoms with Crippen molar-refractivity contribution in [1.82, 2.24) is 24.4 Å². The summed E-state index contributed by atoms with van der Waals surface area (Å²) >= 11 is 0. The van der Waals surface area contributed by atoms with Gasteiger partial charge in [-0.05, 0) is 36.4 Å². The molecule has 0 radical (unpaired) electrons. The number of anilines is 1. The molecule has 1 N–H and O–H groups in total. The van der Waals surface area contributed by atoms with Gasteiger partial charge in [0.1, 0.15) is 17.9 Å². The third kappa shape index (κ3) is 4.14. The van der Waals surface area contributed by atoms with Gasteiger partial charge in [0, 0.05) is 24.4 Å². The van der Waals surface area contributed by atoms with E-state index >= 15 is 0 Å². The highest BCUT2D eigenvalue weighted by Crippen LogP contribution is 2.30. The Labute approximate surface area is 167 Å². The van der Waals surface area contributed by atoms with Crippen molar-refractivity contribution in [2.75, 3.05) is 5.32 Å². The summed E-state index contributed by atoms with van der Waals surface area (Å²) in [6.45, 7) is 0. The largest absolute Gasteiger partial charge is 0.397 e. The van der Waals surface area contributed by atoms with Gasteiger partial charge < -0.3 is 5.32 Å². The van der Waals surface area contributed by atoms with Crippen LogP contribution in [0.15, 0.2) is 48.8 Å². The number of hydrogen-bond acceptors (Lipinski definition) is 4. The van der Waals surface area contributed by atoms with Crippen molar-refractivity contribution in [3.63, 3.8) is 0 Å². The lowest BCUT2D eigenvalue weighted by Crippen LogP contribution is -2.21. The molecule has 0 aliphatic rings. The topological polar surface area (TPSA) is 77.1 Å². The third-order valence-corrected chi connectivity index (χ3v) is 4.17. The number of fused-ring (bicyclic) bond motifs is 1. The Morgan fingerprint density at radius 1 is 1.07 bits per heavy atom. The number of nitrogens with zero attached hydrogens (tertiary/aromatic N) is 5. The predicted octanol–water partition coefficient (Wildman–Crippen LogP) is 3.83. The third-order valence-electron chi connectivity index (χ3n) is 4.17. The number of carbonyl (C=O) groups is 1. The maximum Gasteiger partial charge on any atom is 0.397 e. The molecule has 3 aromatic heterocycles. The Bertz CT molecular complexity index is 1230. The fraction of sp³-hybridized carbons (Fsp3) is 0.158. The van der Waals surface area contributed by atoms with Crippen LogP contribution in [0.1, 0.15) is 6.42 Å². The summed E-state index contributed by atoms with van der Waals surface area (Å²) in [5.41, 5.74) is 2.80. The van der Waals surface area contributed by atoms with Crippen LogP contribution in [0.25, 0.3) is 28.2 Å². The molecular formula is C19H14F4N6O. The van der Waals surface area contributed by atoms with Crippen LogP contribution in [0.2, 0.25) is 0 Å². The Hall–Kier alpha value is -3.76. The summed E-state index contributed by atoms with van der Waals surface area (Å²) in [4.78, 5) is 15.5. The van der Waals surface area contributed by atoms with Gasteiger partial charge in [-0.3, -0.25) is 9.48 Å². The average Bonchev–Trinajstić information content (AvgIpc) is 3.22. The molecule has 11 heteroatoms. The zero-order valence-corrected chi connectivity index (χ0v) is 15.5. The molecular weight excluding hydrogens is 404 g/mol. The normalized spacial score (nSPS) is 11.8. The lowest BCUT2D eigenvalue weighted by Gasteiger charge is -2.04. The summed E-state index contributed by atoms with van der Waals surface area (Å²) in [6.07, 6.45) is -3.14. The van der Waals surface area contributed by atoms with Crippen molar-refractivity contribution in [1.29, 1.82) is 0 Å². The van der Waals surface area contributed by atoms with Gasteiger partial charge >= 0.3 is 6.18 Å². The van der Waals surface area contributed by atoms with E-state index in [-0.39, 0.29) is 11.6 Å². The van der Waals surface area contributed by atoms with Crippen LogP contribution in [0.5, 0.6) is 0 Å². The van der Waals surface area contributed by atoms with E-state index in [1.807, 2.05) is 0 Å². The summed E-state index contributed by atoms with van der Waals surface area (Å²) in [7, 11) is 1.74. The first-order valence-electron chi connectivity index (χ1n) is 8.71. The van der Waals surface area contributed by atoms with Gasteiger partial charge in [0.25, 0.3) is 0 Å². The molecule has 0 bridgehead atoms. The van der Waals surface area contributed by atoms with Gasteiger partial charge in [-0.15, -0.1) is 0 Å². The quantitative estimate of drug-likeness (QED) is 0.511. The number of amides is 1. The fourth-order valence-electron chi connectivity index (χ4n) is 2.95. The Morgan fingerprint density at radius 3 is 2.50 bits per heavy atom. The lowest BCUT2D eigenvalue weighted by molar-refractivity contribution is -0.150. The number of alkyl halides is 3. The van der Waals surface area contributed by atoms with E-state index in [2.05, 4.69) is 20.5 Å². The van der Waals surface area contributed by atoms with Crippen molar-refractivity contribution in [2.45, 2.75) is 12.6 Å². The summed E-state index contributed by atoms with van der Waals surface area (Å²) < 4.78 is 53.2. The van der Waals surface area contributed by atoms with E-state index in [0.717, 1.165) is 0 Å². The van der Waals surface area contributed by atoms with Crippen LogP contribution in [-0.4, -0.2) is 36.5 Å². The first-order valence-corrected chi connectivity index (χ1v) is 8.71. The van der Waals surface area contributed by atoms with Crippen LogP contribution in [0, 0.1) is 5.82 Å². The molecule has 1 amide bonds. The van der Waals surface area contributed by atoms with Crippen molar-refractivity contribution >= 4 is 17.4 Å². The minimum atomic E-state index is -4.61. The van der Waals surface area contributed by atoms with Gasteiger partial charge in [-0.1, -0.05) is 0 Å². The molecule has 0 saturated carbocycles. The Kier molecular flexibility index (Phi) is 4.72. The average molecular weight is 418 g/mol. The number of imidazole rings is 1. The molecule has 0 aliphatic carbocycles. The van der Waals surface area contributed by atoms with E-state index in [9.17, 15) is 22.4 Å². The highest BCUT2D eigenvalue weighted by Gasteiger charge is 2.31. The molecule has 4 aromatic rings. The molecule has 0 spiro atoms. The monoisotopic (exact) mass is 418 g/mol. The number of aromatic nitrogens is 5. The SMILES string of the molecule is Cn1cc(-c2ccc3nc(NC(=O)CC(F)(F)F)cn3n2)c(-c2ccc(F)cc2)n1. The van der Waals surface area contributed by atoms with E-state index in [1.165, 1.54) is 22.8 Å². The predicted molar refractivity (Wildman–Crippen MR) is 99.9 cm³/mol. The highest BCUT2D eigenvalue weighted by molar-refractivity contribution is 5.90. The van der Waals surface area contributed by atoms with Gasteiger partial charge in [0.15, 0.2) is 11.5 Å². The lowest BCUT2D eigenvalue weighted by atomic mass is 10.1. The number of hydrogen-bond donors (Lipinski definition) is 1. The maximum absolute atomic E-state index is 13.2. The van der Waals surface area contributed by atoms with Crippen LogP contribution in [0.4, 0.5) is 23.4 Å². The number of benzene rings is 1. The molecule has 3 heterocycles. The second-order valence-corrected chi connectivity index (χ2v) is 6.56. The van der Waals surface area contributed by atoms with Crippen molar-refractivity contribution in [3.8, 4) is 22.5 Å². The van der Waals surface area contributed by atoms with Crippen LogP contribution >= 0.6 is 0 Å². The zero-order valence-electron chi connectivity index (χ0n) is 15.5. The molecule has 0 fully saturated rings. The molecule has 0 saturated heterocycles. The number of nitrogens with one attached hydrogen (secondary N) is 1. The number of carbonyl (C=O) groups excluding carboxylic acids is 1. The number of rotatable bonds is 4. The Morgan fingerprint density at radius 2 is 1.80 bits per heavy atom. The molecule has 7 nitrogen and oxygen atoms in total. The molecule has 4 rings (SSSR count). The smallest absolute Gasteiger partial charge is 0.309 e. The molecule has 1 aromatic carbocycles. The molecule has 154 valence electrons. The van der Waals surface area contributed by atoms with Crippen molar-refractivity contribution < 1.29 is 22.4 Å². The number of halogens is 4. The minimum absolute atomic E-state index is 0.0427. The summed E-state index contributed by atoms with van der Waals surface area (Å²) in [5, 5.41) is 10.9.